The van der Waals surface area contributed by atoms with Gasteiger partial charge in [0.15, 0.2) is 0 Å². The minimum atomic E-state index is -1.19. The molecule has 4 N–H and O–H groups in total. The molecule has 0 spiro atoms. The standard InChI is InChI=1S/C22H34N6O5/c1-3-15-6-8-27(20(15)21(31)26-18(22(32)33)11-24-14(2)29)12-17-5-4-7-28(17)19(30)9-16-10-23-13-25-16/h10,13,15,17-18,20H,3-9,11-12H2,1-2H3,(H,23,25)(H,24,29)(H,26,31)(H,32,33)/t15-,17-,18?,20?/m0/s1. The molecule has 2 saturated heterocycles. The third-order valence-corrected chi connectivity index (χ3v) is 6.62. The summed E-state index contributed by atoms with van der Waals surface area (Å²) in [4.78, 5) is 59.8. The first-order valence-corrected chi connectivity index (χ1v) is 11.6. The number of imidazole rings is 1. The molecule has 1 aromatic heterocycles. The molecule has 4 atom stereocenters. The molecule has 0 aliphatic carbocycles. The van der Waals surface area contributed by atoms with E-state index >= 15 is 0 Å². The number of carboxylic acid groups (broad SMARTS) is 1. The van der Waals surface area contributed by atoms with Gasteiger partial charge in [-0.2, -0.15) is 0 Å². The van der Waals surface area contributed by atoms with Crippen molar-refractivity contribution in [1.29, 1.82) is 0 Å². The van der Waals surface area contributed by atoms with Crippen molar-refractivity contribution in [2.24, 2.45) is 5.92 Å². The van der Waals surface area contributed by atoms with Crippen LogP contribution in [0.15, 0.2) is 12.5 Å². The number of H-pyrrole nitrogens is 1. The highest BCUT2D eigenvalue weighted by atomic mass is 16.4. The Kier molecular flexibility index (Phi) is 8.43. The molecule has 33 heavy (non-hydrogen) atoms. The Hall–Kier alpha value is -2.95. The molecule has 11 heteroatoms. The summed E-state index contributed by atoms with van der Waals surface area (Å²) in [6, 6.07) is -1.64. The lowest BCUT2D eigenvalue weighted by Crippen LogP contribution is -2.56. The van der Waals surface area contributed by atoms with Gasteiger partial charge in [-0.1, -0.05) is 13.3 Å². The first-order chi connectivity index (χ1) is 15.8. The van der Waals surface area contributed by atoms with Crippen LogP contribution in [0.25, 0.3) is 0 Å². The summed E-state index contributed by atoms with van der Waals surface area (Å²) in [7, 11) is 0. The van der Waals surface area contributed by atoms with Crippen molar-refractivity contribution in [3.05, 3.63) is 18.2 Å². The Balaban J connectivity index is 1.65. The number of carbonyl (C=O) groups is 4. The number of carbonyl (C=O) groups excluding carboxylic acids is 3. The number of aromatic amines is 1. The van der Waals surface area contributed by atoms with E-state index in [4.69, 9.17) is 0 Å². The maximum Gasteiger partial charge on any atom is 0.328 e. The van der Waals surface area contributed by atoms with Gasteiger partial charge in [0.25, 0.3) is 0 Å². The van der Waals surface area contributed by atoms with E-state index in [1.54, 1.807) is 12.5 Å². The topological polar surface area (TPSA) is 148 Å². The van der Waals surface area contributed by atoms with E-state index in [-0.39, 0.29) is 42.6 Å². The quantitative estimate of drug-likeness (QED) is 0.375. The van der Waals surface area contributed by atoms with Crippen LogP contribution in [0.2, 0.25) is 0 Å². The molecule has 0 radical (unpaired) electrons. The van der Waals surface area contributed by atoms with Crippen LogP contribution in [0, 0.1) is 5.92 Å². The number of aromatic nitrogens is 2. The first kappa shape index (κ1) is 24.7. The smallest absolute Gasteiger partial charge is 0.328 e. The number of rotatable bonds is 10. The van der Waals surface area contributed by atoms with Gasteiger partial charge in [0.05, 0.1) is 24.5 Å². The summed E-state index contributed by atoms with van der Waals surface area (Å²) in [6.45, 7) is 5.14. The number of hydrogen-bond donors (Lipinski definition) is 4. The second-order valence-corrected chi connectivity index (χ2v) is 8.85. The maximum absolute atomic E-state index is 13.2. The molecule has 3 amide bonds. The number of aliphatic carboxylic acids is 1. The van der Waals surface area contributed by atoms with Crippen LogP contribution in [-0.4, -0.2) is 92.9 Å². The molecule has 2 fully saturated rings. The van der Waals surface area contributed by atoms with E-state index < -0.39 is 18.1 Å². The largest absolute Gasteiger partial charge is 0.480 e. The zero-order chi connectivity index (χ0) is 24.0. The van der Waals surface area contributed by atoms with Crippen molar-refractivity contribution < 1.29 is 24.3 Å². The SMILES string of the molecule is CC[C@H]1CCN(C[C@@H]2CCCN2C(=O)Cc2c[nH]cn2)C1C(=O)NC(CNC(C)=O)C(=O)O. The lowest BCUT2D eigenvalue weighted by atomic mass is 9.96. The summed E-state index contributed by atoms with van der Waals surface area (Å²) in [5, 5.41) is 14.5. The fourth-order valence-corrected chi connectivity index (χ4v) is 4.91. The molecule has 0 bridgehead atoms. The Labute approximate surface area is 193 Å². The number of nitrogens with one attached hydrogen (secondary N) is 3. The Morgan fingerprint density at radius 1 is 1.27 bits per heavy atom. The zero-order valence-electron chi connectivity index (χ0n) is 19.2. The van der Waals surface area contributed by atoms with Crippen molar-refractivity contribution in [2.45, 2.75) is 64.1 Å². The van der Waals surface area contributed by atoms with E-state index in [0.717, 1.165) is 32.2 Å². The van der Waals surface area contributed by atoms with Crippen LogP contribution in [0.4, 0.5) is 0 Å². The van der Waals surface area contributed by atoms with Gasteiger partial charge in [0.2, 0.25) is 17.7 Å². The van der Waals surface area contributed by atoms with Gasteiger partial charge >= 0.3 is 5.97 Å². The molecule has 3 rings (SSSR count). The minimum Gasteiger partial charge on any atom is -0.480 e. The van der Waals surface area contributed by atoms with Crippen LogP contribution in [0.3, 0.4) is 0 Å². The second-order valence-electron chi connectivity index (χ2n) is 8.85. The Bertz CT molecular complexity index is 844. The Morgan fingerprint density at radius 3 is 2.70 bits per heavy atom. The maximum atomic E-state index is 13.2. The van der Waals surface area contributed by atoms with Crippen LogP contribution in [0.1, 0.15) is 45.2 Å². The molecule has 182 valence electrons. The van der Waals surface area contributed by atoms with Gasteiger partial charge in [-0.05, 0) is 31.7 Å². The number of nitrogens with zero attached hydrogens (tertiary/aromatic N) is 3. The monoisotopic (exact) mass is 462 g/mol. The minimum absolute atomic E-state index is 0.0111. The summed E-state index contributed by atoms with van der Waals surface area (Å²) < 4.78 is 0. The number of hydrogen-bond acceptors (Lipinski definition) is 6. The van der Waals surface area contributed by atoms with Gasteiger partial charge < -0.3 is 25.6 Å². The molecule has 2 aliphatic rings. The van der Waals surface area contributed by atoms with Gasteiger partial charge in [-0.15, -0.1) is 0 Å². The van der Waals surface area contributed by atoms with E-state index in [2.05, 4.69) is 25.5 Å². The van der Waals surface area contributed by atoms with Gasteiger partial charge in [-0.25, -0.2) is 9.78 Å². The highest BCUT2D eigenvalue weighted by Crippen LogP contribution is 2.30. The van der Waals surface area contributed by atoms with Gasteiger partial charge in [-0.3, -0.25) is 19.3 Å². The lowest BCUT2D eigenvalue weighted by Gasteiger charge is -2.33. The predicted molar refractivity (Wildman–Crippen MR) is 119 cm³/mol. The predicted octanol–water partition coefficient (Wildman–Crippen LogP) is -0.251. The van der Waals surface area contributed by atoms with E-state index in [1.165, 1.54) is 6.92 Å². The average Bonchev–Trinajstić information content (AvgIpc) is 3.51. The highest BCUT2D eigenvalue weighted by molar-refractivity contribution is 5.88. The van der Waals surface area contributed by atoms with Crippen molar-refractivity contribution in [2.75, 3.05) is 26.2 Å². The summed E-state index contributed by atoms with van der Waals surface area (Å²) in [5.74, 6) is -1.76. The molecule has 2 aliphatic heterocycles. The Morgan fingerprint density at radius 2 is 2.06 bits per heavy atom. The summed E-state index contributed by atoms with van der Waals surface area (Å²) in [5.41, 5.74) is 0.703. The highest BCUT2D eigenvalue weighted by Gasteiger charge is 2.42. The normalized spacial score (nSPS) is 23.9. The first-order valence-electron chi connectivity index (χ1n) is 11.6. The fourth-order valence-electron chi connectivity index (χ4n) is 4.91. The van der Waals surface area contributed by atoms with Crippen LogP contribution < -0.4 is 10.6 Å². The third kappa shape index (κ3) is 6.31. The number of amides is 3. The average molecular weight is 463 g/mol. The van der Waals surface area contributed by atoms with E-state index in [1.807, 2.05) is 11.8 Å². The fraction of sp³-hybridized carbons (Fsp3) is 0.682. The van der Waals surface area contributed by atoms with Gasteiger partial charge in [0, 0.05) is 38.8 Å². The van der Waals surface area contributed by atoms with Crippen LogP contribution in [-0.2, 0) is 25.6 Å². The molecular weight excluding hydrogens is 428 g/mol. The van der Waals surface area contributed by atoms with Gasteiger partial charge in [0.1, 0.15) is 6.04 Å². The summed E-state index contributed by atoms with van der Waals surface area (Å²) >= 11 is 0. The zero-order valence-corrected chi connectivity index (χ0v) is 19.2. The van der Waals surface area contributed by atoms with E-state index in [9.17, 15) is 24.3 Å². The lowest BCUT2D eigenvalue weighted by molar-refractivity contribution is -0.143. The van der Waals surface area contributed by atoms with Crippen molar-refractivity contribution in [3.63, 3.8) is 0 Å². The third-order valence-electron chi connectivity index (χ3n) is 6.62. The molecule has 11 nitrogen and oxygen atoms in total. The summed E-state index contributed by atoms with van der Waals surface area (Å²) in [6.07, 6.45) is 6.93. The molecule has 1 aromatic rings. The number of likely N-dealkylation sites (tertiary alicyclic amines) is 2. The van der Waals surface area contributed by atoms with Crippen molar-refractivity contribution in [3.8, 4) is 0 Å². The molecular formula is C22H34N6O5. The van der Waals surface area contributed by atoms with Crippen LogP contribution >= 0.6 is 0 Å². The van der Waals surface area contributed by atoms with Crippen LogP contribution in [0.5, 0.6) is 0 Å². The molecule has 0 saturated carbocycles. The molecule has 2 unspecified atom stereocenters. The molecule has 0 aromatic carbocycles. The van der Waals surface area contributed by atoms with Crippen molar-refractivity contribution >= 4 is 23.7 Å². The number of carboxylic acids is 1. The molecule has 3 heterocycles. The second kappa shape index (κ2) is 11.3. The van der Waals surface area contributed by atoms with Crippen molar-refractivity contribution in [1.82, 2.24) is 30.4 Å². The van der Waals surface area contributed by atoms with E-state index in [0.29, 0.717) is 18.8 Å².